The summed E-state index contributed by atoms with van der Waals surface area (Å²) in [6, 6.07) is 22.8. The van der Waals surface area contributed by atoms with Gasteiger partial charge in [-0.25, -0.2) is 4.99 Å². The largest absolute Gasteiger partial charge is 0.372 e. The number of benzene rings is 3. The number of carbonyl (C=O) groups is 1. The molecule has 2 aliphatic rings. The van der Waals surface area contributed by atoms with Crippen molar-refractivity contribution in [2.75, 3.05) is 34.3 Å². The molecule has 0 atom stereocenters. The average molecular weight is 529 g/mol. The molecule has 0 N–H and O–H groups in total. The van der Waals surface area contributed by atoms with Crippen LogP contribution in [0, 0.1) is 13.8 Å². The molecular formula is C30H32N4OS2. The fourth-order valence-electron chi connectivity index (χ4n) is 4.67. The highest BCUT2D eigenvalue weighted by molar-refractivity contribution is 8.20. The number of rotatable bonds is 6. The normalized spacial score (nSPS) is 18.2. The highest BCUT2D eigenvalue weighted by Gasteiger charge is 2.40. The van der Waals surface area contributed by atoms with Gasteiger partial charge in [0.2, 0.25) is 0 Å². The van der Waals surface area contributed by atoms with E-state index in [2.05, 4.69) is 80.8 Å². The van der Waals surface area contributed by atoms with Crippen LogP contribution in [0.5, 0.6) is 0 Å². The number of amidine groups is 1. The molecule has 0 spiro atoms. The number of aliphatic imine (C=N–C) groups is 1. The number of hydrogen-bond donors (Lipinski definition) is 0. The van der Waals surface area contributed by atoms with E-state index in [9.17, 15) is 4.79 Å². The molecule has 1 amide bonds. The van der Waals surface area contributed by atoms with Crippen molar-refractivity contribution >= 4 is 57.3 Å². The summed E-state index contributed by atoms with van der Waals surface area (Å²) >= 11 is 3.14. The Balaban J connectivity index is 1.60. The van der Waals surface area contributed by atoms with Crippen LogP contribution in [0.15, 0.2) is 86.6 Å². The lowest BCUT2D eigenvalue weighted by atomic mass is 10.1. The molecule has 0 bridgehead atoms. The lowest BCUT2D eigenvalue weighted by molar-refractivity contribution is -0.113. The van der Waals surface area contributed by atoms with Crippen LogP contribution in [0.1, 0.15) is 31.9 Å². The number of carbonyl (C=O) groups excluding carboxylic acids is 1. The topological polar surface area (TPSA) is 39.1 Å². The van der Waals surface area contributed by atoms with Crippen LogP contribution in [0.2, 0.25) is 0 Å². The SMILES string of the molecule is CCN(CC)c1ccc(N=C2S/C(=C3\Sc4ccccc4N3CC)C(=O)N2c2ccc(C)cc2)c(C)c1. The fraction of sp³-hybridized carbons (Fsp3) is 0.267. The highest BCUT2D eigenvalue weighted by atomic mass is 32.2. The van der Waals surface area contributed by atoms with Crippen molar-refractivity contribution in [1.29, 1.82) is 0 Å². The summed E-state index contributed by atoms with van der Waals surface area (Å²) < 4.78 is 0. The quantitative estimate of drug-likeness (QED) is 0.306. The van der Waals surface area contributed by atoms with Gasteiger partial charge >= 0.3 is 0 Å². The first-order valence-electron chi connectivity index (χ1n) is 12.8. The van der Waals surface area contributed by atoms with Crippen molar-refractivity contribution in [3.8, 4) is 0 Å². The van der Waals surface area contributed by atoms with Crippen molar-refractivity contribution in [1.82, 2.24) is 0 Å². The van der Waals surface area contributed by atoms with Crippen molar-refractivity contribution < 1.29 is 4.79 Å². The van der Waals surface area contributed by atoms with Crippen LogP contribution in [0.25, 0.3) is 0 Å². The Kier molecular flexibility index (Phi) is 7.36. The summed E-state index contributed by atoms with van der Waals surface area (Å²) in [4.78, 5) is 27.3. The summed E-state index contributed by atoms with van der Waals surface area (Å²) in [5.74, 6) is -0.0289. The monoisotopic (exact) mass is 528 g/mol. The number of hydrogen-bond acceptors (Lipinski definition) is 6. The summed E-state index contributed by atoms with van der Waals surface area (Å²) in [6.45, 7) is 13.3. The van der Waals surface area contributed by atoms with E-state index in [-0.39, 0.29) is 5.91 Å². The minimum atomic E-state index is -0.0289. The van der Waals surface area contributed by atoms with E-state index >= 15 is 0 Å². The third kappa shape index (κ3) is 4.78. The first-order valence-corrected chi connectivity index (χ1v) is 14.4. The zero-order chi connectivity index (χ0) is 26.1. The highest BCUT2D eigenvalue weighted by Crippen LogP contribution is 2.51. The maximum absolute atomic E-state index is 14.0. The Morgan fingerprint density at radius 1 is 0.892 bits per heavy atom. The Morgan fingerprint density at radius 3 is 2.30 bits per heavy atom. The molecule has 190 valence electrons. The Hall–Kier alpha value is -3.16. The van der Waals surface area contributed by atoms with Crippen LogP contribution >= 0.6 is 23.5 Å². The lowest BCUT2D eigenvalue weighted by Gasteiger charge is -2.22. The molecule has 1 saturated heterocycles. The maximum atomic E-state index is 14.0. The van der Waals surface area contributed by atoms with Crippen molar-refractivity contribution in [2.45, 2.75) is 39.5 Å². The van der Waals surface area contributed by atoms with E-state index in [1.54, 1.807) is 16.7 Å². The molecule has 0 aliphatic carbocycles. The fourth-order valence-corrected chi connectivity index (χ4v) is 7.06. The van der Waals surface area contributed by atoms with Gasteiger partial charge in [-0.2, -0.15) is 0 Å². The molecule has 5 rings (SSSR count). The van der Waals surface area contributed by atoms with Gasteiger partial charge in [-0.1, -0.05) is 41.6 Å². The number of fused-ring (bicyclic) bond motifs is 1. The smallest absolute Gasteiger partial charge is 0.274 e. The third-order valence-electron chi connectivity index (χ3n) is 6.72. The second-order valence-electron chi connectivity index (χ2n) is 9.06. The molecule has 2 aliphatic heterocycles. The van der Waals surface area contributed by atoms with Gasteiger partial charge in [0, 0.05) is 30.2 Å². The van der Waals surface area contributed by atoms with E-state index in [1.165, 1.54) is 22.3 Å². The second kappa shape index (κ2) is 10.7. The van der Waals surface area contributed by atoms with Gasteiger partial charge < -0.3 is 9.80 Å². The average Bonchev–Trinajstić information content (AvgIpc) is 3.43. The number of nitrogens with zero attached hydrogens (tertiary/aromatic N) is 4. The number of aryl methyl sites for hydroxylation is 2. The van der Waals surface area contributed by atoms with Crippen molar-refractivity contribution in [2.24, 2.45) is 4.99 Å². The van der Waals surface area contributed by atoms with Gasteiger partial charge in [0.25, 0.3) is 5.91 Å². The number of amides is 1. The molecule has 7 heteroatoms. The van der Waals surface area contributed by atoms with E-state index in [1.807, 2.05) is 30.3 Å². The van der Waals surface area contributed by atoms with E-state index in [0.29, 0.717) is 5.17 Å². The van der Waals surface area contributed by atoms with Crippen molar-refractivity contribution in [3.63, 3.8) is 0 Å². The van der Waals surface area contributed by atoms with E-state index < -0.39 is 0 Å². The van der Waals surface area contributed by atoms with Gasteiger partial charge in [0.1, 0.15) is 9.93 Å². The molecule has 0 aromatic heterocycles. The van der Waals surface area contributed by atoms with Crippen LogP contribution in [-0.2, 0) is 4.79 Å². The number of thioether (sulfide) groups is 2. The minimum absolute atomic E-state index is 0.0289. The van der Waals surface area contributed by atoms with E-state index in [0.717, 1.165) is 57.8 Å². The maximum Gasteiger partial charge on any atom is 0.274 e. The van der Waals surface area contributed by atoms with Crippen LogP contribution in [0.3, 0.4) is 0 Å². The zero-order valence-corrected chi connectivity index (χ0v) is 23.6. The van der Waals surface area contributed by atoms with Crippen LogP contribution in [0.4, 0.5) is 22.7 Å². The molecule has 1 fully saturated rings. The number of anilines is 3. The van der Waals surface area contributed by atoms with Gasteiger partial charge in [0.15, 0.2) is 5.17 Å². The molecule has 0 unspecified atom stereocenters. The molecule has 2 heterocycles. The van der Waals surface area contributed by atoms with Gasteiger partial charge in [-0.3, -0.25) is 9.69 Å². The summed E-state index contributed by atoms with van der Waals surface area (Å²) in [5, 5.41) is 1.66. The molecular weight excluding hydrogens is 496 g/mol. The summed E-state index contributed by atoms with van der Waals surface area (Å²) in [5.41, 5.74) is 6.30. The predicted molar refractivity (Wildman–Crippen MR) is 160 cm³/mol. The van der Waals surface area contributed by atoms with E-state index in [4.69, 9.17) is 4.99 Å². The molecule has 3 aromatic carbocycles. The predicted octanol–water partition coefficient (Wildman–Crippen LogP) is 7.72. The third-order valence-corrected chi connectivity index (χ3v) is 9.06. The first kappa shape index (κ1) is 25.5. The van der Waals surface area contributed by atoms with Gasteiger partial charge in [-0.15, -0.1) is 0 Å². The molecule has 5 nitrogen and oxygen atoms in total. The van der Waals surface area contributed by atoms with Crippen LogP contribution in [-0.4, -0.2) is 30.7 Å². The van der Waals surface area contributed by atoms with Gasteiger partial charge in [0.05, 0.1) is 17.1 Å². The Bertz CT molecular complexity index is 1390. The molecule has 37 heavy (non-hydrogen) atoms. The summed E-state index contributed by atoms with van der Waals surface area (Å²) in [7, 11) is 0. The molecule has 0 radical (unpaired) electrons. The van der Waals surface area contributed by atoms with Crippen LogP contribution < -0.4 is 14.7 Å². The first-order chi connectivity index (χ1) is 17.9. The number of para-hydroxylation sites is 1. The Labute approximate surface area is 228 Å². The van der Waals surface area contributed by atoms with Crippen molar-refractivity contribution in [3.05, 3.63) is 87.8 Å². The minimum Gasteiger partial charge on any atom is -0.372 e. The standard InChI is InChI=1S/C30H32N4OS2/c1-6-32(7-2)23-17-18-24(21(5)19-23)31-30-34(22-15-13-20(4)14-16-22)28(35)27(37-30)29-33(8-3)25-11-9-10-12-26(25)36-29/h9-19H,6-8H2,1-5H3/b29-27-,31-30?. The molecule has 3 aromatic rings. The van der Waals surface area contributed by atoms with Gasteiger partial charge in [-0.05, 0) is 94.4 Å². The Morgan fingerprint density at radius 2 is 1.62 bits per heavy atom. The molecule has 0 saturated carbocycles. The summed E-state index contributed by atoms with van der Waals surface area (Å²) in [6.07, 6.45) is 0. The zero-order valence-electron chi connectivity index (χ0n) is 22.0. The lowest BCUT2D eigenvalue weighted by Crippen LogP contribution is -2.29. The second-order valence-corrected chi connectivity index (χ2v) is 11.1.